The number of benzene rings is 10. The van der Waals surface area contributed by atoms with Crippen LogP contribution in [0.4, 0.5) is 17.1 Å². The third-order valence-electron chi connectivity index (χ3n) is 15.9. The van der Waals surface area contributed by atoms with Gasteiger partial charge in [0.15, 0.2) is 0 Å². The molecule has 3 aliphatic rings. The van der Waals surface area contributed by atoms with Crippen LogP contribution in [0, 0.1) is 0 Å². The van der Waals surface area contributed by atoms with Crippen molar-refractivity contribution in [2.24, 2.45) is 0 Å². The molecule has 0 saturated heterocycles. The fourth-order valence-corrected chi connectivity index (χ4v) is 13.0. The van der Waals surface area contributed by atoms with Gasteiger partial charge in [0.1, 0.15) is 0 Å². The molecule has 3 nitrogen and oxygen atoms in total. The van der Waals surface area contributed by atoms with Crippen molar-refractivity contribution in [3.05, 3.63) is 321 Å². The second kappa shape index (κ2) is 16.4. The summed E-state index contributed by atoms with van der Waals surface area (Å²) in [4.78, 5) is 17.9. The smallest absolute Gasteiger partial charge is 0.263 e. The van der Waals surface area contributed by atoms with Gasteiger partial charge in [0.05, 0.1) is 33.2 Å². The normalized spacial score (nSPS) is 15.6. The van der Waals surface area contributed by atoms with Crippen molar-refractivity contribution in [1.29, 1.82) is 0 Å². The van der Waals surface area contributed by atoms with Gasteiger partial charge in [0.25, 0.3) is 5.56 Å². The van der Waals surface area contributed by atoms with E-state index in [4.69, 9.17) is 6.58 Å². The maximum absolute atomic E-state index is 15.4. The van der Waals surface area contributed by atoms with Crippen molar-refractivity contribution in [3.8, 4) is 39.1 Å². The number of aromatic nitrogens is 1. The summed E-state index contributed by atoms with van der Waals surface area (Å²) >= 11 is 0. The molecule has 0 saturated carbocycles. The average Bonchev–Trinajstić information content (AvgIpc) is 3.76. The van der Waals surface area contributed by atoms with E-state index in [9.17, 15) is 0 Å². The molecule has 0 bridgehead atoms. The Morgan fingerprint density at radius 1 is 0.411 bits per heavy atom. The fourth-order valence-electron chi connectivity index (χ4n) is 13.0. The second-order valence-electron chi connectivity index (χ2n) is 19.5. The van der Waals surface area contributed by atoms with Crippen LogP contribution in [-0.2, 0) is 10.8 Å². The molecule has 0 radical (unpaired) electrons. The summed E-state index contributed by atoms with van der Waals surface area (Å²) < 4.78 is 1.95. The van der Waals surface area contributed by atoms with Gasteiger partial charge in [-0.25, -0.2) is 0 Å². The number of allylic oxidation sites excluding steroid dienone is 2. The van der Waals surface area contributed by atoms with Crippen LogP contribution >= 0.6 is 0 Å². The van der Waals surface area contributed by atoms with Gasteiger partial charge in [0.2, 0.25) is 0 Å². The molecule has 1 unspecified atom stereocenters. The largest absolute Gasteiger partial charge is 0.310 e. The molecule has 11 aromatic rings. The first-order chi connectivity index (χ1) is 36.0. The van der Waals surface area contributed by atoms with E-state index in [1.165, 1.54) is 33.4 Å². The van der Waals surface area contributed by atoms with E-state index in [0.717, 1.165) is 83.2 Å². The number of nitrogens with zero attached hydrogens (tertiary/aromatic N) is 2. The minimum atomic E-state index is -0.912. The zero-order chi connectivity index (χ0) is 48.8. The number of anilines is 3. The maximum atomic E-state index is 15.4. The van der Waals surface area contributed by atoms with Gasteiger partial charge in [-0.15, -0.1) is 0 Å². The highest BCUT2D eigenvalue weighted by Gasteiger charge is 2.52. The third-order valence-corrected chi connectivity index (χ3v) is 15.9. The lowest BCUT2D eigenvalue weighted by atomic mass is 9.60. The average molecular weight is 933 g/mol. The van der Waals surface area contributed by atoms with Crippen molar-refractivity contribution < 1.29 is 0 Å². The molecule has 3 heterocycles. The summed E-state index contributed by atoms with van der Waals surface area (Å²) in [5.74, 6) is 0. The van der Waals surface area contributed by atoms with Crippen molar-refractivity contribution in [2.45, 2.75) is 17.8 Å². The van der Waals surface area contributed by atoms with E-state index in [2.05, 4.69) is 261 Å². The lowest BCUT2D eigenvalue weighted by Crippen LogP contribution is -2.52. The Labute approximate surface area is 424 Å². The van der Waals surface area contributed by atoms with Crippen molar-refractivity contribution >= 4 is 40.0 Å². The monoisotopic (exact) mass is 932 g/mol. The van der Waals surface area contributed by atoms with Crippen LogP contribution in [0.2, 0.25) is 0 Å². The van der Waals surface area contributed by atoms with Gasteiger partial charge in [0, 0.05) is 11.1 Å². The van der Waals surface area contributed by atoms with E-state index in [0.29, 0.717) is 5.39 Å². The molecule has 0 N–H and O–H groups in total. The molecule has 14 rings (SSSR count). The van der Waals surface area contributed by atoms with E-state index in [1.54, 1.807) is 0 Å². The van der Waals surface area contributed by atoms with Crippen LogP contribution in [-0.4, -0.2) is 4.57 Å². The molecule has 1 spiro atoms. The molecule has 1 aromatic heterocycles. The Kier molecular flexibility index (Phi) is 9.55. The summed E-state index contributed by atoms with van der Waals surface area (Å²) in [5.41, 5.74) is 18.5. The molecule has 1 atom stereocenters. The minimum Gasteiger partial charge on any atom is -0.310 e. The molecule has 2 aliphatic heterocycles. The number of hydrogen-bond donors (Lipinski definition) is 0. The Balaban J connectivity index is 1.11. The highest BCUT2D eigenvalue weighted by molar-refractivity contribution is 6.00. The summed E-state index contributed by atoms with van der Waals surface area (Å²) in [5, 5.41) is 3.11. The van der Waals surface area contributed by atoms with Crippen molar-refractivity contribution in [1.82, 2.24) is 4.57 Å². The highest BCUT2D eigenvalue weighted by atomic mass is 16.1. The third kappa shape index (κ3) is 5.91. The van der Waals surface area contributed by atoms with Crippen LogP contribution in [0.5, 0.6) is 0 Å². The van der Waals surface area contributed by atoms with Gasteiger partial charge >= 0.3 is 0 Å². The van der Waals surface area contributed by atoms with Crippen molar-refractivity contribution in [2.75, 3.05) is 4.90 Å². The first-order valence-corrected chi connectivity index (χ1v) is 25.2. The van der Waals surface area contributed by atoms with Gasteiger partial charge in [-0.3, -0.25) is 9.36 Å². The van der Waals surface area contributed by atoms with Gasteiger partial charge in [-0.1, -0.05) is 219 Å². The Morgan fingerprint density at radius 3 is 1.59 bits per heavy atom. The Morgan fingerprint density at radius 2 is 0.932 bits per heavy atom. The van der Waals surface area contributed by atoms with E-state index >= 15 is 4.79 Å². The molecular weight excluding hydrogens is 885 g/mol. The lowest BCUT2D eigenvalue weighted by Gasteiger charge is -2.49. The Hall–Kier alpha value is -9.31. The first-order valence-electron chi connectivity index (χ1n) is 25.2. The molecule has 0 fully saturated rings. The SMILES string of the molecule is C=c1c2n(c(=O)c3ccc(-c4ccccc4)cc13)-c1ccccc1C1(C=2/C=C\C)c2ccccc2N(c2ccc3c(c2)C(c2ccccc2)(c2ccccc2)c2ccccc2-3)c2ccc(-c3ccccc3)cc21. The maximum Gasteiger partial charge on any atom is 0.263 e. The summed E-state index contributed by atoms with van der Waals surface area (Å²) in [7, 11) is 0. The predicted octanol–water partition coefficient (Wildman–Crippen LogP) is 15.0. The van der Waals surface area contributed by atoms with Crippen molar-refractivity contribution in [3.63, 3.8) is 0 Å². The molecule has 1 aliphatic carbocycles. The molecule has 344 valence electrons. The Bertz CT molecular complexity index is 4210. The van der Waals surface area contributed by atoms with Crippen LogP contribution in [0.25, 0.3) is 62.0 Å². The molecule has 10 aromatic carbocycles. The predicted molar refractivity (Wildman–Crippen MR) is 302 cm³/mol. The van der Waals surface area contributed by atoms with E-state index in [-0.39, 0.29) is 5.56 Å². The second-order valence-corrected chi connectivity index (χ2v) is 19.5. The number of rotatable bonds is 6. The molecule has 73 heavy (non-hydrogen) atoms. The zero-order valence-corrected chi connectivity index (χ0v) is 40.3. The first kappa shape index (κ1) is 42.6. The summed E-state index contributed by atoms with van der Waals surface area (Å²) in [6.07, 6.45) is 4.37. The van der Waals surface area contributed by atoms with Gasteiger partial charge in [-0.05, 0) is 144 Å². The minimum absolute atomic E-state index is 0.0650. The summed E-state index contributed by atoms with van der Waals surface area (Å²) in [6.45, 7) is 7.03. The van der Waals surface area contributed by atoms with Gasteiger partial charge < -0.3 is 4.90 Å². The number of pyridine rings is 1. The highest BCUT2D eigenvalue weighted by Crippen LogP contribution is 2.62. The van der Waals surface area contributed by atoms with Crippen LogP contribution < -0.4 is 21.0 Å². The van der Waals surface area contributed by atoms with E-state index < -0.39 is 10.8 Å². The number of fused-ring (bicyclic) bond motifs is 12. The molecule has 0 amide bonds. The van der Waals surface area contributed by atoms with Gasteiger partial charge in [-0.2, -0.15) is 0 Å². The lowest BCUT2D eigenvalue weighted by molar-refractivity contribution is 0.732. The zero-order valence-electron chi connectivity index (χ0n) is 40.3. The summed E-state index contributed by atoms with van der Waals surface area (Å²) in [6, 6.07) is 89.9. The quantitative estimate of drug-likeness (QED) is 0.166. The van der Waals surface area contributed by atoms with Crippen LogP contribution in [0.15, 0.2) is 266 Å². The van der Waals surface area contributed by atoms with Crippen LogP contribution in [0.3, 0.4) is 0 Å². The topological polar surface area (TPSA) is 25.2 Å². The molecule has 3 heteroatoms. The molecular formula is C70H48N2O. The standard InChI is InChI=1S/C70H48N2O/c1-3-22-61-67-46(2)57-43-49(47-23-8-4-9-24-47)37-40-56(57)68(73)72(67)65-36-21-19-34-60(65)70(61)59-33-18-20-35-64(59)71(66-42-38-50(44-63(66)70)48-25-10-5-11-26-48)53-39-41-55-54-31-16-17-32-58(54)69(62(55)45-53,51-27-12-6-13-28-51)52-29-14-7-15-30-52/h3-45H,2H2,1H3/b22-3-. The van der Waals surface area contributed by atoms with E-state index in [1.807, 2.05) is 16.7 Å². The fraction of sp³-hybridized carbons (Fsp3) is 0.0429. The number of para-hydroxylation sites is 2. The van der Waals surface area contributed by atoms with Crippen LogP contribution in [0.1, 0.15) is 45.9 Å². The number of hydrogen-bond acceptors (Lipinski definition) is 2.